The van der Waals surface area contributed by atoms with Gasteiger partial charge in [-0.1, -0.05) is 0 Å². The number of hydrogen-bond donors (Lipinski definition) is 1. The number of rotatable bonds is 1. The first-order chi connectivity index (χ1) is 7.88. The van der Waals surface area contributed by atoms with Crippen LogP contribution in [0.2, 0.25) is 0 Å². The van der Waals surface area contributed by atoms with Gasteiger partial charge in [-0.15, -0.1) is 0 Å². The Morgan fingerprint density at radius 1 is 1.00 bits per heavy atom. The maximum Gasteiger partial charge on any atom is 0.0939 e. The molecule has 2 atom stereocenters. The molecular formula is C13H23NO2. The molecule has 3 fully saturated rings. The molecule has 3 rings (SSSR count). The Balaban J connectivity index is 1.62. The van der Waals surface area contributed by atoms with Crippen LogP contribution in [0.3, 0.4) is 0 Å². The van der Waals surface area contributed by atoms with E-state index in [1.807, 2.05) is 0 Å². The standard InChI is InChI=1S/C13H23NO2/c1-5-14-6-2-11(1)12-3-7-16-13(9-12)4-8-15-10-13/h11-12,14H,1-10H2. The molecule has 3 aliphatic rings. The first kappa shape index (κ1) is 11.0. The van der Waals surface area contributed by atoms with Gasteiger partial charge in [0.25, 0.3) is 0 Å². The lowest BCUT2D eigenvalue weighted by molar-refractivity contribution is -0.108. The average Bonchev–Trinajstić information content (AvgIpc) is 2.78. The smallest absolute Gasteiger partial charge is 0.0939 e. The summed E-state index contributed by atoms with van der Waals surface area (Å²) in [6, 6.07) is 0. The topological polar surface area (TPSA) is 30.5 Å². The van der Waals surface area contributed by atoms with E-state index in [4.69, 9.17) is 9.47 Å². The Labute approximate surface area is 97.9 Å². The van der Waals surface area contributed by atoms with E-state index in [9.17, 15) is 0 Å². The molecule has 0 aromatic carbocycles. The van der Waals surface area contributed by atoms with Crippen molar-refractivity contribution in [3.63, 3.8) is 0 Å². The number of nitrogens with one attached hydrogen (secondary N) is 1. The van der Waals surface area contributed by atoms with Gasteiger partial charge in [-0.05, 0) is 50.6 Å². The van der Waals surface area contributed by atoms with Crippen molar-refractivity contribution in [3.8, 4) is 0 Å². The number of ether oxygens (including phenoxy) is 2. The van der Waals surface area contributed by atoms with Crippen LogP contribution >= 0.6 is 0 Å². The summed E-state index contributed by atoms with van der Waals surface area (Å²) in [5, 5.41) is 3.46. The first-order valence-electron chi connectivity index (χ1n) is 6.80. The molecular weight excluding hydrogens is 202 g/mol. The van der Waals surface area contributed by atoms with E-state index in [-0.39, 0.29) is 5.60 Å². The zero-order chi connectivity index (χ0) is 10.8. The average molecular weight is 225 g/mol. The minimum absolute atomic E-state index is 0.105. The maximum absolute atomic E-state index is 6.01. The highest BCUT2D eigenvalue weighted by Crippen LogP contribution is 2.40. The molecule has 3 heterocycles. The van der Waals surface area contributed by atoms with Crippen molar-refractivity contribution in [3.05, 3.63) is 0 Å². The van der Waals surface area contributed by atoms with Gasteiger partial charge in [0.1, 0.15) is 0 Å². The fourth-order valence-electron chi connectivity index (χ4n) is 3.65. The second kappa shape index (κ2) is 4.63. The van der Waals surface area contributed by atoms with Crippen molar-refractivity contribution >= 4 is 0 Å². The van der Waals surface area contributed by atoms with E-state index in [2.05, 4.69) is 5.32 Å². The number of piperidine rings is 1. The van der Waals surface area contributed by atoms with E-state index < -0.39 is 0 Å². The van der Waals surface area contributed by atoms with Gasteiger partial charge in [0.15, 0.2) is 0 Å². The summed E-state index contributed by atoms with van der Waals surface area (Å²) in [5.41, 5.74) is 0.105. The van der Waals surface area contributed by atoms with Crippen molar-refractivity contribution in [2.45, 2.75) is 37.7 Å². The Bertz CT molecular complexity index is 232. The predicted molar refractivity (Wildman–Crippen MR) is 62.4 cm³/mol. The molecule has 0 aromatic rings. The summed E-state index contributed by atoms with van der Waals surface area (Å²) in [6.07, 6.45) is 6.36. The van der Waals surface area contributed by atoms with E-state index in [0.717, 1.165) is 38.1 Å². The molecule has 2 unspecified atom stereocenters. The normalized spacial score (nSPS) is 41.6. The highest BCUT2D eigenvalue weighted by molar-refractivity contribution is 4.92. The summed E-state index contributed by atoms with van der Waals surface area (Å²) < 4.78 is 11.5. The molecule has 3 nitrogen and oxygen atoms in total. The third kappa shape index (κ3) is 2.13. The molecule has 1 spiro atoms. The monoisotopic (exact) mass is 225 g/mol. The van der Waals surface area contributed by atoms with Crippen LogP contribution in [0.15, 0.2) is 0 Å². The van der Waals surface area contributed by atoms with Gasteiger partial charge in [-0.3, -0.25) is 0 Å². The highest BCUT2D eigenvalue weighted by Gasteiger charge is 2.42. The van der Waals surface area contributed by atoms with Crippen LogP contribution in [0.5, 0.6) is 0 Å². The lowest BCUT2D eigenvalue weighted by atomic mass is 9.75. The van der Waals surface area contributed by atoms with Crippen molar-refractivity contribution in [1.82, 2.24) is 5.32 Å². The third-order valence-electron chi connectivity index (χ3n) is 4.65. The van der Waals surface area contributed by atoms with Crippen LogP contribution in [0.1, 0.15) is 32.1 Å². The van der Waals surface area contributed by atoms with Gasteiger partial charge < -0.3 is 14.8 Å². The zero-order valence-electron chi connectivity index (χ0n) is 10.0. The zero-order valence-corrected chi connectivity index (χ0v) is 10.0. The second-order valence-corrected chi connectivity index (χ2v) is 5.67. The molecule has 0 saturated carbocycles. The third-order valence-corrected chi connectivity index (χ3v) is 4.65. The van der Waals surface area contributed by atoms with Gasteiger partial charge in [-0.25, -0.2) is 0 Å². The van der Waals surface area contributed by atoms with Crippen LogP contribution < -0.4 is 5.32 Å². The summed E-state index contributed by atoms with van der Waals surface area (Å²) in [5.74, 6) is 1.82. The van der Waals surface area contributed by atoms with E-state index in [0.29, 0.717) is 0 Å². The molecule has 0 aliphatic carbocycles. The van der Waals surface area contributed by atoms with Crippen LogP contribution in [-0.2, 0) is 9.47 Å². The molecule has 3 saturated heterocycles. The first-order valence-corrected chi connectivity index (χ1v) is 6.80. The van der Waals surface area contributed by atoms with Crippen molar-refractivity contribution < 1.29 is 9.47 Å². The summed E-state index contributed by atoms with van der Waals surface area (Å²) >= 11 is 0. The Hall–Kier alpha value is -0.120. The molecule has 92 valence electrons. The quantitative estimate of drug-likeness (QED) is 0.735. The maximum atomic E-state index is 6.01. The summed E-state index contributed by atoms with van der Waals surface area (Å²) in [7, 11) is 0. The lowest BCUT2D eigenvalue weighted by Crippen LogP contribution is -2.44. The van der Waals surface area contributed by atoms with Gasteiger partial charge in [0.05, 0.1) is 12.2 Å². The fourth-order valence-corrected chi connectivity index (χ4v) is 3.65. The van der Waals surface area contributed by atoms with Gasteiger partial charge >= 0.3 is 0 Å². The summed E-state index contributed by atoms with van der Waals surface area (Å²) in [6.45, 7) is 5.13. The van der Waals surface area contributed by atoms with E-state index >= 15 is 0 Å². The van der Waals surface area contributed by atoms with Gasteiger partial charge in [0, 0.05) is 19.6 Å². The summed E-state index contributed by atoms with van der Waals surface area (Å²) in [4.78, 5) is 0. The van der Waals surface area contributed by atoms with E-state index in [1.54, 1.807) is 0 Å². The number of hydrogen-bond acceptors (Lipinski definition) is 3. The minimum atomic E-state index is 0.105. The van der Waals surface area contributed by atoms with Crippen LogP contribution in [0.25, 0.3) is 0 Å². The molecule has 3 aliphatic heterocycles. The van der Waals surface area contributed by atoms with E-state index in [1.165, 1.54) is 38.8 Å². The molecule has 1 N–H and O–H groups in total. The Morgan fingerprint density at radius 2 is 1.88 bits per heavy atom. The van der Waals surface area contributed by atoms with Crippen LogP contribution in [0, 0.1) is 11.8 Å². The predicted octanol–water partition coefficient (Wildman–Crippen LogP) is 1.57. The SMILES string of the molecule is C1CC(C2CCOC3(CCOC3)C2)CCN1. The molecule has 0 amide bonds. The molecule has 16 heavy (non-hydrogen) atoms. The largest absolute Gasteiger partial charge is 0.378 e. The van der Waals surface area contributed by atoms with Gasteiger partial charge in [-0.2, -0.15) is 0 Å². The lowest BCUT2D eigenvalue weighted by Gasteiger charge is -2.41. The van der Waals surface area contributed by atoms with Crippen molar-refractivity contribution in [2.24, 2.45) is 11.8 Å². The molecule has 0 aromatic heterocycles. The van der Waals surface area contributed by atoms with Crippen LogP contribution in [0.4, 0.5) is 0 Å². The Kier molecular flexibility index (Phi) is 3.18. The van der Waals surface area contributed by atoms with Crippen molar-refractivity contribution in [2.75, 3.05) is 32.9 Å². The molecule has 0 radical (unpaired) electrons. The fraction of sp³-hybridized carbons (Fsp3) is 1.00. The van der Waals surface area contributed by atoms with Crippen molar-refractivity contribution in [1.29, 1.82) is 0 Å². The van der Waals surface area contributed by atoms with Gasteiger partial charge in [0.2, 0.25) is 0 Å². The molecule has 0 bridgehead atoms. The Morgan fingerprint density at radius 3 is 2.62 bits per heavy atom. The van der Waals surface area contributed by atoms with Crippen LogP contribution in [-0.4, -0.2) is 38.5 Å². The second-order valence-electron chi connectivity index (χ2n) is 5.67. The molecule has 3 heteroatoms. The minimum Gasteiger partial charge on any atom is -0.378 e. The highest BCUT2D eigenvalue weighted by atomic mass is 16.6.